The molecule has 2 nitrogen and oxygen atoms in total. The van der Waals surface area contributed by atoms with Gasteiger partial charge >= 0.3 is 0 Å². The molecule has 0 radical (unpaired) electrons. The largest absolute Gasteiger partial charge is 0.456 e. The van der Waals surface area contributed by atoms with Gasteiger partial charge in [0, 0.05) is 149 Å². The quantitative estimate of drug-likeness (QED) is 0.121. The van der Waals surface area contributed by atoms with E-state index in [1.54, 1.807) is 0 Å². The van der Waals surface area contributed by atoms with E-state index >= 15 is 74.6 Å². The van der Waals surface area contributed by atoms with Gasteiger partial charge in [-0.3, -0.25) is 0 Å². The van der Waals surface area contributed by atoms with Gasteiger partial charge in [0.1, 0.15) is 5.75 Å². The van der Waals surface area contributed by atoms with Crippen LogP contribution in [0.2, 0.25) is 0 Å². The maximum atomic E-state index is 21.6. The van der Waals surface area contributed by atoms with Gasteiger partial charge in [0.15, 0.2) is 11.4 Å². The molecule has 1 fully saturated rings. The molecule has 0 saturated heterocycles. The van der Waals surface area contributed by atoms with Crippen molar-refractivity contribution in [2.45, 2.75) is 102 Å². The molecule has 21 aliphatic rings. The molecular weight excluding hydrogens is 1080 g/mol. The standard InChI is InChI=1S/C60HF17O2/c61-43-21-12-10-3-1-2-4-6-5(3)13(12)38-29-19(21)20-25(43)34-37-41-49(78)26-18-9(7(1)16-22(10)50(43,67)44(37,62)24(16)26)8(2)17-23-11(4)14-15(6)42(79-38)59(76)48(66)31-30-32-36-35-33(31)46(64,39(14)48)51(23,68)55(72)28(17)27(18)54(49,71)60(77,56(35,55)73)57(36,74)58(41,75)53(34,70)47(32,65)40(20)45(30,63)52(29,59)69/h78H. The van der Waals surface area contributed by atoms with E-state index in [2.05, 4.69) is 0 Å². The second-order valence-corrected chi connectivity index (χ2v) is 27.7. The Morgan fingerprint density at radius 1 is 0.266 bits per heavy atom. The Hall–Kier alpha value is -6.89. The van der Waals surface area contributed by atoms with Gasteiger partial charge in [0.2, 0.25) is 90.7 Å². The molecule has 19 heteroatoms. The summed E-state index contributed by atoms with van der Waals surface area (Å²) < 4.78 is 372. The summed E-state index contributed by atoms with van der Waals surface area (Å²) in [6.45, 7) is 0. The van der Waals surface area contributed by atoms with Crippen LogP contribution in [0.15, 0.2) is 27.9 Å². The smallest absolute Gasteiger partial charge is 0.252 e. The topological polar surface area (TPSA) is 29.5 Å². The van der Waals surface area contributed by atoms with E-state index in [1.807, 2.05) is 0 Å². The zero-order valence-corrected chi connectivity index (χ0v) is 37.3. The Balaban J connectivity index is 1.15. The van der Waals surface area contributed by atoms with Crippen molar-refractivity contribution in [2.24, 2.45) is 0 Å². The van der Waals surface area contributed by atoms with Crippen molar-refractivity contribution in [1.82, 2.24) is 0 Å². The van der Waals surface area contributed by atoms with Crippen LogP contribution in [0.5, 0.6) is 5.75 Å². The van der Waals surface area contributed by atoms with Gasteiger partial charge in [-0.15, -0.1) is 0 Å². The lowest BCUT2D eigenvalue weighted by molar-refractivity contribution is -0.377. The highest BCUT2D eigenvalue weighted by molar-refractivity contribution is 6.59. The Labute approximate surface area is 415 Å². The van der Waals surface area contributed by atoms with Crippen LogP contribution in [0.3, 0.4) is 0 Å². The number of benzene rings is 7. The number of halogens is 17. The molecular formula is C60HF17O2. The molecule has 10 aromatic carbocycles. The molecule has 0 spiro atoms. The Morgan fingerprint density at radius 2 is 0.759 bits per heavy atom. The molecule has 1 N–H and O–H groups in total. The number of hydrogen-bond donors (Lipinski definition) is 1. The van der Waals surface area contributed by atoms with E-state index in [9.17, 15) is 5.11 Å². The normalized spacial score (nSPS) is 56.0. The number of hydrogen-bond acceptors (Lipinski definition) is 2. The lowest BCUT2D eigenvalue weighted by Crippen LogP contribution is -2.88. The van der Waals surface area contributed by atoms with Crippen LogP contribution in [0.1, 0.15) is 83.5 Å². The molecule has 20 aliphatic carbocycles. The third-order valence-corrected chi connectivity index (χ3v) is 28.1. The lowest BCUT2D eigenvalue weighted by atomic mass is 9.39. The molecule has 10 aromatic rings. The fraction of sp³-hybridized carbons (Fsp3) is 0.300. The van der Waals surface area contributed by atoms with Gasteiger partial charge in [-0.05, 0) is 70.2 Å². The van der Waals surface area contributed by atoms with E-state index in [4.69, 9.17) is 4.74 Å². The van der Waals surface area contributed by atoms with Crippen molar-refractivity contribution < 1.29 is 84.5 Å². The number of aliphatic hydroxyl groups is 1. The van der Waals surface area contributed by atoms with Crippen LogP contribution in [-0.2, 0) is 79.3 Å². The van der Waals surface area contributed by atoms with Gasteiger partial charge in [0.05, 0.1) is 0 Å². The van der Waals surface area contributed by atoms with Crippen LogP contribution >= 0.6 is 0 Å². The SMILES string of the molecule is OC12C3=C4C5=C6C7=C8C9(F)c%10c%11c%12c%13c%14c%10C(F)(C3(F)C59F)C3(F)C1(F)c1c5c9c%10c%15c%16c%17c%18c%15c%15c9c9c1c2c1c2c%19c%20c%21c(c7c7c(c%21c%18c%20c%15c29)OC=%17C(F)(C%12(F)C=%16C%13(F)C%10(F)C5(F)C%143F)C7(F)C8%11F)C6(F)C%19(F)C41F. The van der Waals surface area contributed by atoms with Gasteiger partial charge in [0.25, 0.3) is 5.67 Å². The van der Waals surface area contributed by atoms with Crippen LogP contribution in [0, 0.1) is 0 Å². The Bertz CT molecular complexity index is 6320. The van der Waals surface area contributed by atoms with E-state index in [0.29, 0.717) is 0 Å². The minimum Gasteiger partial charge on any atom is -0.456 e. The number of rotatable bonds is 0. The van der Waals surface area contributed by atoms with Crippen LogP contribution in [-0.4, -0.2) is 27.8 Å². The Morgan fingerprint density at radius 3 is 1.46 bits per heavy atom. The van der Waals surface area contributed by atoms with Crippen molar-refractivity contribution in [3.8, 4) is 5.75 Å². The van der Waals surface area contributed by atoms with E-state index in [-0.39, 0.29) is 26.9 Å². The summed E-state index contributed by atoms with van der Waals surface area (Å²) in [7, 11) is 0. The summed E-state index contributed by atoms with van der Waals surface area (Å²) in [5.74, 6) is -2.41. The van der Waals surface area contributed by atoms with Crippen molar-refractivity contribution in [1.29, 1.82) is 0 Å². The fourth-order valence-electron chi connectivity index (χ4n) is 27.6. The summed E-state index contributed by atoms with van der Waals surface area (Å²) in [5.41, 5.74) is -136. The average Bonchev–Trinajstić information content (AvgIpc) is 1.36. The fourth-order valence-corrected chi connectivity index (χ4v) is 27.6. The predicted molar refractivity (Wildman–Crippen MR) is 232 cm³/mol. The number of fused-ring (bicyclic) bond motifs is 4. The highest BCUT2D eigenvalue weighted by atomic mass is 19.2. The van der Waals surface area contributed by atoms with Crippen molar-refractivity contribution in [2.75, 3.05) is 0 Å². The molecule has 372 valence electrons. The molecule has 1 saturated carbocycles. The number of alkyl halides is 17. The number of ether oxygens (including phenoxy) is 1. The highest BCUT2D eigenvalue weighted by Gasteiger charge is 3.15. The van der Waals surface area contributed by atoms with Gasteiger partial charge in [-0.25, -0.2) is 74.6 Å². The maximum absolute atomic E-state index is 21.6. The summed E-state index contributed by atoms with van der Waals surface area (Å²) in [5, 5.41) is 4.81. The first-order chi connectivity index (χ1) is 37.2. The molecule has 1 aliphatic heterocycles. The maximum Gasteiger partial charge on any atom is 0.252 e. The molecule has 18 unspecified atom stereocenters. The van der Waals surface area contributed by atoms with Crippen LogP contribution in [0.4, 0.5) is 74.6 Å². The van der Waals surface area contributed by atoms with Crippen molar-refractivity contribution in [3.05, 3.63) is 122 Å². The Kier molecular flexibility index (Phi) is 2.97. The third-order valence-electron chi connectivity index (χ3n) is 28.1. The molecule has 0 amide bonds. The van der Waals surface area contributed by atoms with Gasteiger partial charge < -0.3 is 9.84 Å². The average molecular weight is 1080 g/mol. The zero-order valence-electron chi connectivity index (χ0n) is 37.3. The molecule has 79 heavy (non-hydrogen) atoms. The van der Waals surface area contributed by atoms with E-state index < -0.39 is 306 Å². The summed E-state index contributed by atoms with van der Waals surface area (Å²) >= 11 is 0. The molecule has 31 rings (SSSR count). The zero-order chi connectivity index (χ0) is 52.0. The third kappa shape index (κ3) is 1.50. The van der Waals surface area contributed by atoms with Crippen LogP contribution in [0.25, 0.3) is 103 Å². The molecule has 0 bridgehead atoms. The van der Waals surface area contributed by atoms with Gasteiger partial charge in [-0.2, -0.15) is 0 Å². The molecule has 1 heterocycles. The minimum atomic E-state index is -6.24. The minimum absolute atomic E-state index is 0.138. The lowest BCUT2D eigenvalue weighted by Gasteiger charge is -2.69. The number of allylic oxidation sites excluding steroid dienone is 5. The van der Waals surface area contributed by atoms with E-state index in [1.165, 1.54) is 0 Å². The summed E-state index contributed by atoms with van der Waals surface area (Å²) in [4.78, 5) is 0. The van der Waals surface area contributed by atoms with E-state index in [0.717, 1.165) is 0 Å². The van der Waals surface area contributed by atoms with Crippen LogP contribution < -0.4 is 15.2 Å². The second-order valence-electron chi connectivity index (χ2n) is 27.7. The van der Waals surface area contributed by atoms with Gasteiger partial charge in [-0.1, -0.05) is 0 Å². The summed E-state index contributed by atoms with van der Waals surface area (Å²) in [6, 6.07) is 0. The van der Waals surface area contributed by atoms with Crippen molar-refractivity contribution >= 4 is 103 Å². The second kappa shape index (κ2) is 6.72. The first kappa shape index (κ1) is 35.0. The molecule has 0 aromatic heterocycles. The summed E-state index contributed by atoms with van der Waals surface area (Å²) in [6.07, 6.45) is 0. The predicted octanol–water partition coefficient (Wildman–Crippen LogP) is 11.2. The van der Waals surface area contributed by atoms with Crippen molar-refractivity contribution in [3.63, 3.8) is 0 Å². The highest BCUT2D eigenvalue weighted by Crippen LogP contribution is 3.05. The first-order valence-electron chi connectivity index (χ1n) is 26.1. The monoisotopic (exact) mass is 1080 g/mol. The molecule has 18 atom stereocenters. The first-order valence-corrected chi connectivity index (χ1v) is 26.1.